The molecule has 1 amide bonds. The van der Waals surface area contributed by atoms with Crippen molar-refractivity contribution >= 4 is 22.8 Å². The number of nitrogens with zero attached hydrogens (tertiary/aromatic N) is 2. The van der Waals surface area contributed by atoms with Crippen molar-refractivity contribution < 1.29 is 27.4 Å². The number of nitrogens with one attached hydrogen (secondary N) is 1. The highest BCUT2D eigenvalue weighted by molar-refractivity contribution is 5.93. The van der Waals surface area contributed by atoms with Gasteiger partial charge in [-0.15, -0.1) is 0 Å². The zero-order chi connectivity index (χ0) is 19.7. The fourth-order valence-electron chi connectivity index (χ4n) is 3.12. The summed E-state index contributed by atoms with van der Waals surface area (Å²) in [7, 11) is 0. The number of anilines is 1. The molecular weight excluding hydrogens is 375 g/mol. The van der Waals surface area contributed by atoms with Crippen LogP contribution in [0.2, 0.25) is 0 Å². The van der Waals surface area contributed by atoms with Crippen molar-refractivity contribution in [1.82, 2.24) is 9.97 Å². The Bertz CT molecular complexity index is 1010. The molecule has 1 atom stereocenters. The number of hydrogen-bond acceptors (Lipinski definition) is 4. The molecule has 2 heterocycles. The summed E-state index contributed by atoms with van der Waals surface area (Å²) in [6, 6.07) is 8.93. The van der Waals surface area contributed by atoms with Crippen LogP contribution in [0.1, 0.15) is 18.0 Å². The van der Waals surface area contributed by atoms with Gasteiger partial charge in [0.25, 0.3) is 0 Å². The van der Waals surface area contributed by atoms with Gasteiger partial charge in [0.15, 0.2) is 11.6 Å². The van der Waals surface area contributed by atoms with E-state index in [0.717, 1.165) is 5.52 Å². The molecule has 0 aliphatic carbocycles. The number of cyclic esters (lactones) is 1. The minimum Gasteiger partial charge on any atom is -0.490 e. The third kappa shape index (κ3) is 3.47. The van der Waals surface area contributed by atoms with Gasteiger partial charge >= 0.3 is 6.09 Å². The summed E-state index contributed by atoms with van der Waals surface area (Å²) >= 11 is 0. The highest BCUT2D eigenvalue weighted by Crippen LogP contribution is 2.35. The smallest absolute Gasteiger partial charge is 0.415 e. The van der Waals surface area contributed by atoms with E-state index < -0.39 is 30.8 Å². The van der Waals surface area contributed by atoms with E-state index in [1.807, 2.05) is 0 Å². The number of alkyl halides is 2. The third-order valence-electron chi connectivity index (χ3n) is 4.49. The minimum absolute atomic E-state index is 0.0580. The Morgan fingerprint density at radius 1 is 1.29 bits per heavy atom. The van der Waals surface area contributed by atoms with Gasteiger partial charge in [-0.3, -0.25) is 4.90 Å². The van der Waals surface area contributed by atoms with Crippen molar-refractivity contribution in [2.45, 2.75) is 18.9 Å². The van der Waals surface area contributed by atoms with Gasteiger partial charge in [-0.1, -0.05) is 6.07 Å². The van der Waals surface area contributed by atoms with Crippen LogP contribution in [0.15, 0.2) is 42.7 Å². The number of carbonyl (C=O) groups is 1. The second-order valence-electron chi connectivity index (χ2n) is 6.28. The first-order chi connectivity index (χ1) is 13.5. The second kappa shape index (κ2) is 7.41. The highest BCUT2D eigenvalue weighted by atomic mass is 19.3. The first-order valence-electron chi connectivity index (χ1n) is 8.62. The molecule has 6 nitrogen and oxygen atoms in total. The highest BCUT2D eigenvalue weighted by Gasteiger charge is 2.36. The fraction of sp³-hybridized carbons (Fsp3) is 0.263. The number of carbonyl (C=O) groups excluding carboxylic acids is 1. The molecule has 0 bridgehead atoms. The van der Waals surface area contributed by atoms with Gasteiger partial charge in [-0.2, -0.15) is 0 Å². The van der Waals surface area contributed by atoms with Gasteiger partial charge in [0.2, 0.25) is 6.43 Å². The van der Waals surface area contributed by atoms with Crippen LogP contribution >= 0.6 is 0 Å². The molecule has 0 radical (unpaired) electrons. The Hall–Kier alpha value is -3.23. The van der Waals surface area contributed by atoms with Crippen LogP contribution in [-0.2, 0) is 4.74 Å². The summed E-state index contributed by atoms with van der Waals surface area (Å²) in [5.41, 5.74) is 2.59. The van der Waals surface area contributed by atoms with E-state index in [1.165, 1.54) is 17.0 Å². The van der Waals surface area contributed by atoms with E-state index in [-0.39, 0.29) is 19.0 Å². The number of imidazole rings is 1. The maximum absolute atomic E-state index is 14.4. The molecule has 146 valence electrons. The van der Waals surface area contributed by atoms with E-state index in [0.29, 0.717) is 16.8 Å². The van der Waals surface area contributed by atoms with Crippen molar-refractivity contribution in [3.8, 4) is 5.75 Å². The molecule has 1 saturated heterocycles. The molecular formula is C19H16F3N3O3. The van der Waals surface area contributed by atoms with Crippen LogP contribution in [0.5, 0.6) is 5.75 Å². The summed E-state index contributed by atoms with van der Waals surface area (Å²) in [6.45, 7) is -0.225. The Labute approximate surface area is 157 Å². The largest absolute Gasteiger partial charge is 0.490 e. The molecule has 0 saturated carbocycles. The molecule has 0 spiro atoms. The first-order valence-corrected chi connectivity index (χ1v) is 8.62. The van der Waals surface area contributed by atoms with Crippen LogP contribution in [0.4, 0.5) is 23.7 Å². The lowest BCUT2D eigenvalue weighted by molar-refractivity contribution is 0.113. The predicted octanol–water partition coefficient (Wildman–Crippen LogP) is 4.43. The molecule has 9 heteroatoms. The van der Waals surface area contributed by atoms with Crippen LogP contribution in [0.25, 0.3) is 11.0 Å². The maximum Gasteiger partial charge on any atom is 0.415 e. The lowest BCUT2D eigenvalue weighted by atomic mass is 10.1. The molecule has 1 fully saturated rings. The van der Waals surface area contributed by atoms with Crippen LogP contribution in [0, 0.1) is 5.82 Å². The van der Waals surface area contributed by atoms with Crippen molar-refractivity contribution in [2.75, 3.05) is 18.1 Å². The van der Waals surface area contributed by atoms with Gasteiger partial charge < -0.3 is 14.5 Å². The average molecular weight is 391 g/mol. The van der Waals surface area contributed by atoms with Crippen LogP contribution in [0.3, 0.4) is 0 Å². The molecule has 4 rings (SSSR count). The van der Waals surface area contributed by atoms with Gasteiger partial charge in [0, 0.05) is 6.42 Å². The number of amides is 1. The van der Waals surface area contributed by atoms with E-state index >= 15 is 0 Å². The number of rotatable bonds is 6. The number of aromatic nitrogens is 2. The Balaban J connectivity index is 1.58. The summed E-state index contributed by atoms with van der Waals surface area (Å²) < 4.78 is 49.0. The SMILES string of the molecule is O=C1OCC(c2ccc(OCCC(F)F)c(F)c2)N1c1ccc2[nH]cnc2c1. The Kier molecular flexibility index (Phi) is 4.81. The van der Waals surface area contributed by atoms with Crippen molar-refractivity contribution in [3.05, 3.63) is 54.1 Å². The Morgan fingerprint density at radius 2 is 2.14 bits per heavy atom. The number of benzene rings is 2. The minimum atomic E-state index is -2.51. The van der Waals surface area contributed by atoms with Crippen molar-refractivity contribution in [2.24, 2.45) is 0 Å². The van der Waals surface area contributed by atoms with Crippen LogP contribution in [-0.4, -0.2) is 35.7 Å². The third-order valence-corrected chi connectivity index (χ3v) is 4.49. The van der Waals surface area contributed by atoms with Gasteiger partial charge in [-0.25, -0.2) is 22.9 Å². The van der Waals surface area contributed by atoms with E-state index in [2.05, 4.69) is 9.97 Å². The van der Waals surface area contributed by atoms with Gasteiger partial charge in [0.05, 0.1) is 35.7 Å². The number of halogens is 3. The number of aromatic amines is 1. The van der Waals surface area contributed by atoms with Crippen molar-refractivity contribution in [1.29, 1.82) is 0 Å². The lowest BCUT2D eigenvalue weighted by Gasteiger charge is -2.22. The fourth-order valence-corrected chi connectivity index (χ4v) is 3.12. The summed E-state index contributed by atoms with van der Waals surface area (Å²) in [5, 5.41) is 0. The van der Waals surface area contributed by atoms with Crippen LogP contribution < -0.4 is 9.64 Å². The number of fused-ring (bicyclic) bond motifs is 1. The first kappa shape index (κ1) is 18.1. The zero-order valence-electron chi connectivity index (χ0n) is 14.6. The van der Waals surface area contributed by atoms with Gasteiger partial charge in [0.1, 0.15) is 6.61 Å². The average Bonchev–Trinajstić information content (AvgIpc) is 3.28. The predicted molar refractivity (Wildman–Crippen MR) is 95.2 cm³/mol. The molecule has 3 aromatic rings. The standard InChI is InChI=1S/C19H16F3N3O3/c20-13-7-11(1-4-17(13)27-6-5-18(21)22)16-9-28-19(26)25(16)12-2-3-14-15(8-12)24-10-23-14/h1-4,7-8,10,16,18H,5-6,9H2,(H,23,24). The monoisotopic (exact) mass is 391 g/mol. The van der Waals surface area contributed by atoms with Gasteiger partial charge in [-0.05, 0) is 35.9 Å². The molecule has 1 unspecified atom stereocenters. The van der Waals surface area contributed by atoms with E-state index in [4.69, 9.17) is 9.47 Å². The molecule has 1 N–H and O–H groups in total. The lowest BCUT2D eigenvalue weighted by Crippen LogP contribution is -2.27. The molecule has 1 aromatic heterocycles. The molecule has 28 heavy (non-hydrogen) atoms. The number of hydrogen-bond donors (Lipinski definition) is 1. The quantitative estimate of drug-likeness (QED) is 0.675. The Morgan fingerprint density at radius 3 is 2.93 bits per heavy atom. The molecule has 1 aliphatic heterocycles. The molecule has 2 aromatic carbocycles. The van der Waals surface area contributed by atoms with Crippen molar-refractivity contribution in [3.63, 3.8) is 0 Å². The summed E-state index contributed by atoms with van der Waals surface area (Å²) in [5.74, 6) is -0.798. The maximum atomic E-state index is 14.4. The second-order valence-corrected chi connectivity index (χ2v) is 6.28. The zero-order valence-corrected chi connectivity index (χ0v) is 14.6. The van der Waals surface area contributed by atoms with E-state index in [9.17, 15) is 18.0 Å². The van der Waals surface area contributed by atoms with E-state index in [1.54, 1.807) is 30.6 Å². The topological polar surface area (TPSA) is 67.5 Å². The molecule has 1 aliphatic rings. The summed E-state index contributed by atoms with van der Waals surface area (Å²) in [6.07, 6.45) is -1.98. The number of H-pyrrole nitrogens is 1. The summed E-state index contributed by atoms with van der Waals surface area (Å²) in [4.78, 5) is 20.9. The number of ether oxygens (including phenoxy) is 2. The normalized spacial score (nSPS) is 16.8.